The molecule has 4 atom stereocenters. The average Bonchev–Trinajstić information content (AvgIpc) is 3.01. The summed E-state index contributed by atoms with van der Waals surface area (Å²) in [7, 11) is -5.30. The third kappa shape index (κ3) is 5.14. The van der Waals surface area contributed by atoms with Gasteiger partial charge in [0.15, 0.2) is 6.29 Å². The summed E-state index contributed by atoms with van der Waals surface area (Å²) in [5.41, 5.74) is 0. The van der Waals surface area contributed by atoms with E-state index in [2.05, 4.69) is 45.0 Å². The monoisotopic (exact) mass is 480 g/mol. The quantitative estimate of drug-likeness (QED) is 0.454. The van der Waals surface area contributed by atoms with Gasteiger partial charge in [-0.1, -0.05) is 81.4 Å². The van der Waals surface area contributed by atoms with Crippen LogP contribution in [0.3, 0.4) is 0 Å². The van der Waals surface area contributed by atoms with E-state index in [0.717, 1.165) is 16.6 Å². The first-order valence-electron chi connectivity index (χ1n) is 10.5. The molecule has 0 bridgehead atoms. The third-order valence-corrected chi connectivity index (χ3v) is 11.3. The van der Waals surface area contributed by atoms with Crippen LogP contribution in [-0.2, 0) is 28.2 Å². The Hall–Kier alpha value is -1.59. The van der Waals surface area contributed by atoms with Gasteiger partial charge in [0, 0.05) is 7.11 Å². The molecule has 0 radical (unpaired) electrons. The van der Waals surface area contributed by atoms with E-state index in [-0.39, 0.29) is 11.6 Å². The molecule has 1 saturated heterocycles. The second-order valence-electron chi connectivity index (χ2n) is 9.00. The predicted octanol–water partition coefficient (Wildman–Crippen LogP) is 1.64. The zero-order valence-electron chi connectivity index (χ0n) is 19.1. The molecule has 9 heteroatoms. The molecular weight excluding hydrogens is 448 g/mol. The summed E-state index contributed by atoms with van der Waals surface area (Å²) in [6.45, 7) is 6.47. The van der Waals surface area contributed by atoms with Crippen LogP contribution < -0.4 is 10.4 Å². The molecule has 1 fully saturated rings. The number of hydrogen-bond donors (Lipinski definition) is 1. The summed E-state index contributed by atoms with van der Waals surface area (Å²) in [5.74, 6) is 0. The van der Waals surface area contributed by atoms with Crippen LogP contribution in [0, 0.1) is 0 Å². The number of hydrogen-bond acceptors (Lipinski definition) is 7. The van der Waals surface area contributed by atoms with E-state index in [1.807, 2.05) is 36.4 Å². The van der Waals surface area contributed by atoms with E-state index in [0.29, 0.717) is 0 Å². The molecule has 0 aromatic heterocycles. The molecule has 176 valence electrons. The first-order chi connectivity index (χ1) is 15.0. The van der Waals surface area contributed by atoms with E-state index in [9.17, 15) is 13.5 Å². The van der Waals surface area contributed by atoms with Gasteiger partial charge in [0.1, 0.15) is 18.3 Å². The summed E-state index contributed by atoms with van der Waals surface area (Å²) in [6.07, 6.45) is -3.16. The fraction of sp³-hybridized carbons (Fsp3) is 0.478. The van der Waals surface area contributed by atoms with Crippen molar-refractivity contribution < 1.29 is 31.6 Å². The molecule has 0 amide bonds. The predicted molar refractivity (Wildman–Crippen MR) is 125 cm³/mol. The lowest BCUT2D eigenvalue weighted by molar-refractivity contribution is -0.139. The van der Waals surface area contributed by atoms with Crippen molar-refractivity contribution in [2.24, 2.45) is 0 Å². The number of rotatable bonds is 8. The van der Waals surface area contributed by atoms with Gasteiger partial charge in [0.05, 0.1) is 12.9 Å². The molecule has 0 spiro atoms. The maximum Gasteiger partial charge on any atom is 0.264 e. The van der Waals surface area contributed by atoms with Crippen molar-refractivity contribution in [2.75, 3.05) is 20.0 Å². The van der Waals surface area contributed by atoms with Crippen LogP contribution in [0.5, 0.6) is 0 Å². The second-order valence-corrected chi connectivity index (χ2v) is 14.9. The van der Waals surface area contributed by atoms with Gasteiger partial charge < -0.3 is 19.0 Å². The van der Waals surface area contributed by atoms with Crippen molar-refractivity contribution in [3.05, 3.63) is 60.7 Å². The highest BCUT2D eigenvalue weighted by molar-refractivity contribution is 7.86. The molecule has 32 heavy (non-hydrogen) atoms. The Morgan fingerprint density at radius 2 is 1.47 bits per heavy atom. The van der Waals surface area contributed by atoms with Gasteiger partial charge in [-0.05, 0) is 15.4 Å². The average molecular weight is 481 g/mol. The topological polar surface area (TPSA) is 91.3 Å². The SMILES string of the molecule is CO[C@@H]1[C@@H](OS(C)(=O)=O)[C@@H](CO[Si](c2ccccc2)(c2ccccc2)C(C)(C)C)O[C@@H]1O. The lowest BCUT2D eigenvalue weighted by Crippen LogP contribution is -2.67. The summed E-state index contributed by atoms with van der Waals surface area (Å²) >= 11 is 0. The Bertz CT molecular complexity index is 937. The first kappa shape index (κ1) is 25.0. The van der Waals surface area contributed by atoms with Crippen LogP contribution in [0.4, 0.5) is 0 Å². The number of ether oxygens (including phenoxy) is 2. The van der Waals surface area contributed by atoms with Gasteiger partial charge in [0.2, 0.25) is 0 Å². The molecule has 0 unspecified atom stereocenters. The van der Waals surface area contributed by atoms with E-state index in [4.69, 9.17) is 18.1 Å². The van der Waals surface area contributed by atoms with Crippen molar-refractivity contribution in [3.63, 3.8) is 0 Å². The van der Waals surface area contributed by atoms with Gasteiger partial charge in [-0.3, -0.25) is 4.18 Å². The molecule has 1 aliphatic rings. The summed E-state index contributed by atoms with van der Waals surface area (Å²) < 4.78 is 46.7. The normalized spacial score (nSPS) is 24.6. The van der Waals surface area contributed by atoms with Crippen molar-refractivity contribution in [1.29, 1.82) is 0 Å². The molecule has 3 rings (SSSR count). The number of methoxy groups -OCH3 is 1. The maximum atomic E-state index is 11.9. The number of benzene rings is 2. The van der Waals surface area contributed by atoms with Crippen LogP contribution in [0.1, 0.15) is 20.8 Å². The van der Waals surface area contributed by atoms with Gasteiger partial charge in [0.25, 0.3) is 18.4 Å². The minimum atomic E-state index is -3.81. The summed E-state index contributed by atoms with van der Waals surface area (Å²) in [4.78, 5) is 0. The third-order valence-electron chi connectivity index (χ3n) is 5.72. The molecular formula is C23H32O7SSi. The smallest absolute Gasteiger partial charge is 0.264 e. The van der Waals surface area contributed by atoms with Crippen molar-refractivity contribution >= 4 is 28.8 Å². The Balaban J connectivity index is 2.02. The van der Waals surface area contributed by atoms with Crippen LogP contribution in [-0.4, -0.2) is 66.4 Å². The van der Waals surface area contributed by atoms with Gasteiger partial charge in [-0.25, -0.2) is 0 Å². The molecule has 2 aromatic rings. The highest BCUT2D eigenvalue weighted by Crippen LogP contribution is 2.37. The minimum Gasteiger partial charge on any atom is -0.405 e. The molecule has 1 heterocycles. The zero-order chi connectivity index (χ0) is 23.6. The summed E-state index contributed by atoms with van der Waals surface area (Å²) in [5, 5.41) is 12.2. The Labute approximate surface area is 191 Å². The second kappa shape index (κ2) is 9.72. The summed E-state index contributed by atoms with van der Waals surface area (Å²) in [6, 6.07) is 20.1. The minimum absolute atomic E-state index is 0.0321. The molecule has 1 N–H and O–H groups in total. The number of aliphatic hydroxyl groups is 1. The number of aliphatic hydroxyl groups excluding tert-OH is 1. The van der Waals surface area contributed by atoms with Gasteiger partial charge in [-0.15, -0.1) is 0 Å². The molecule has 7 nitrogen and oxygen atoms in total. The highest BCUT2D eigenvalue weighted by atomic mass is 32.2. The fourth-order valence-electron chi connectivity index (χ4n) is 4.38. The van der Waals surface area contributed by atoms with Crippen molar-refractivity contribution in [1.82, 2.24) is 0 Å². The lowest BCUT2D eigenvalue weighted by atomic mass is 10.1. The maximum absolute atomic E-state index is 11.9. The first-order valence-corrected chi connectivity index (χ1v) is 14.2. The van der Waals surface area contributed by atoms with E-state index < -0.39 is 43.0 Å². The Kier molecular flexibility index (Phi) is 7.61. The molecule has 0 aliphatic carbocycles. The standard InChI is InChI=1S/C23H32O7SSi/c1-23(2,3)32(17-12-8-6-9-13-17,18-14-10-7-11-15-18)28-16-19-20(30-31(5,25)26)21(27-4)22(24)29-19/h6-15,19-22,24H,16H2,1-5H3/t19-,20+,21-,22+/m1/s1. The van der Waals surface area contributed by atoms with Crippen molar-refractivity contribution in [2.45, 2.75) is 50.4 Å². The molecule has 2 aromatic carbocycles. The Morgan fingerprint density at radius 1 is 0.969 bits per heavy atom. The van der Waals surface area contributed by atoms with Crippen LogP contribution in [0.25, 0.3) is 0 Å². The van der Waals surface area contributed by atoms with Crippen molar-refractivity contribution in [3.8, 4) is 0 Å². The van der Waals surface area contributed by atoms with Gasteiger partial charge in [-0.2, -0.15) is 8.42 Å². The van der Waals surface area contributed by atoms with Crippen LogP contribution in [0.15, 0.2) is 60.7 Å². The van der Waals surface area contributed by atoms with Crippen LogP contribution in [0.2, 0.25) is 5.04 Å². The van der Waals surface area contributed by atoms with E-state index in [1.165, 1.54) is 7.11 Å². The zero-order valence-corrected chi connectivity index (χ0v) is 20.9. The fourth-order valence-corrected chi connectivity index (χ4v) is 9.59. The lowest BCUT2D eigenvalue weighted by Gasteiger charge is -2.43. The van der Waals surface area contributed by atoms with E-state index in [1.54, 1.807) is 0 Å². The largest absolute Gasteiger partial charge is 0.405 e. The molecule has 0 saturated carbocycles. The van der Waals surface area contributed by atoms with Gasteiger partial charge >= 0.3 is 0 Å². The van der Waals surface area contributed by atoms with Crippen LogP contribution >= 0.6 is 0 Å². The Morgan fingerprint density at radius 3 is 1.88 bits per heavy atom. The van der Waals surface area contributed by atoms with E-state index >= 15 is 0 Å². The highest BCUT2D eigenvalue weighted by Gasteiger charge is 2.53. The molecule has 1 aliphatic heterocycles.